The first-order valence-electron chi connectivity index (χ1n) is 8.08. The molecule has 0 spiro atoms. The zero-order valence-corrected chi connectivity index (χ0v) is 15.3. The largest absolute Gasteiger partial charge is 0.328 e. The van der Waals surface area contributed by atoms with Gasteiger partial charge in [0.2, 0.25) is 0 Å². The first-order chi connectivity index (χ1) is 12.8. The maximum Gasteiger partial charge on any atom is 0.322 e. The number of carbonyl (C=O) groups is 1. The zero-order chi connectivity index (χ0) is 19.7. The molecule has 3 rings (SSSR count). The predicted octanol–water partition coefficient (Wildman–Crippen LogP) is 4.68. The monoisotopic (exact) mass is 391 g/mol. The van der Waals surface area contributed by atoms with Crippen LogP contribution < -0.4 is 10.9 Å². The normalized spacial score (nSPS) is 12.0. The number of H-pyrrole nitrogens is 1. The summed E-state index contributed by atoms with van der Waals surface area (Å²) in [4.78, 5) is 28.3. The van der Waals surface area contributed by atoms with Gasteiger partial charge in [0.05, 0.1) is 11.4 Å². The summed E-state index contributed by atoms with van der Waals surface area (Å²) < 4.78 is 27.6. The lowest BCUT2D eigenvalue weighted by atomic mass is 10.0. The summed E-state index contributed by atoms with van der Waals surface area (Å²) in [5.41, 5.74) is 0.266. The molecule has 0 aliphatic carbocycles. The Hall–Kier alpha value is -2.93. The van der Waals surface area contributed by atoms with Crippen molar-refractivity contribution in [3.05, 3.63) is 75.2 Å². The molecule has 0 saturated heterocycles. The van der Waals surface area contributed by atoms with E-state index in [1.165, 1.54) is 17.2 Å². The summed E-state index contributed by atoms with van der Waals surface area (Å²) in [5, 5.41) is 3.06. The Balaban J connectivity index is 1.94. The summed E-state index contributed by atoms with van der Waals surface area (Å²) in [6.07, 6.45) is 1.40. The van der Waals surface area contributed by atoms with Gasteiger partial charge in [0.1, 0.15) is 0 Å². The molecule has 2 amide bonds. The van der Waals surface area contributed by atoms with E-state index in [1.807, 2.05) is 0 Å². The standard InChI is InChI=1S/C19H16ClF2N3O2/c1-10(25(2)19(27)24-12-5-3-4-11(20)8-12)14-9-23-18(26)16-13(14)6-7-15(21)17(16)22/h3-10H,1-2H3,(H,23,26)(H,24,27)/t10-/m1/s1. The molecular formula is C19H16ClF2N3O2. The van der Waals surface area contributed by atoms with Crippen LogP contribution in [0.2, 0.25) is 5.02 Å². The summed E-state index contributed by atoms with van der Waals surface area (Å²) in [7, 11) is 1.56. The molecule has 0 bridgehead atoms. The molecule has 0 aliphatic heterocycles. The number of fused-ring (bicyclic) bond motifs is 1. The van der Waals surface area contributed by atoms with Gasteiger partial charge in [-0.05, 0) is 42.1 Å². The van der Waals surface area contributed by atoms with Gasteiger partial charge < -0.3 is 15.2 Å². The molecule has 2 aromatic carbocycles. The van der Waals surface area contributed by atoms with Crippen molar-refractivity contribution in [1.29, 1.82) is 0 Å². The maximum atomic E-state index is 14.1. The molecule has 0 fully saturated rings. The van der Waals surface area contributed by atoms with E-state index in [-0.39, 0.29) is 10.8 Å². The van der Waals surface area contributed by atoms with E-state index in [2.05, 4.69) is 10.3 Å². The maximum absolute atomic E-state index is 14.1. The van der Waals surface area contributed by atoms with Crippen molar-refractivity contribution in [3.63, 3.8) is 0 Å². The number of aromatic amines is 1. The molecule has 0 radical (unpaired) electrons. The van der Waals surface area contributed by atoms with Crippen LogP contribution in [0.25, 0.3) is 10.8 Å². The van der Waals surface area contributed by atoms with Crippen LogP contribution in [-0.4, -0.2) is 23.0 Å². The Morgan fingerprint density at radius 1 is 1.26 bits per heavy atom. The number of carbonyl (C=O) groups excluding carboxylic acids is 1. The number of benzene rings is 2. The van der Waals surface area contributed by atoms with E-state index in [0.29, 0.717) is 16.3 Å². The van der Waals surface area contributed by atoms with Crippen LogP contribution >= 0.6 is 11.6 Å². The molecule has 27 heavy (non-hydrogen) atoms. The van der Waals surface area contributed by atoms with Gasteiger partial charge in [-0.15, -0.1) is 0 Å². The zero-order valence-electron chi connectivity index (χ0n) is 14.5. The van der Waals surface area contributed by atoms with Gasteiger partial charge in [0.25, 0.3) is 5.56 Å². The van der Waals surface area contributed by atoms with Crippen molar-refractivity contribution in [1.82, 2.24) is 9.88 Å². The molecule has 0 saturated carbocycles. The van der Waals surface area contributed by atoms with Crippen LogP contribution in [-0.2, 0) is 0 Å². The Morgan fingerprint density at radius 2 is 2.00 bits per heavy atom. The molecule has 1 aromatic heterocycles. The molecular weight excluding hydrogens is 376 g/mol. The van der Waals surface area contributed by atoms with E-state index in [9.17, 15) is 18.4 Å². The quantitative estimate of drug-likeness (QED) is 0.680. The first-order valence-corrected chi connectivity index (χ1v) is 8.46. The Bertz CT molecular complexity index is 1080. The summed E-state index contributed by atoms with van der Waals surface area (Å²) >= 11 is 5.91. The molecule has 140 valence electrons. The minimum atomic E-state index is -1.21. The van der Waals surface area contributed by atoms with Gasteiger partial charge in [-0.2, -0.15) is 0 Å². The van der Waals surface area contributed by atoms with E-state index in [4.69, 9.17) is 11.6 Å². The van der Waals surface area contributed by atoms with Gasteiger partial charge in [0, 0.05) is 24.0 Å². The number of amides is 2. The number of urea groups is 1. The fourth-order valence-electron chi connectivity index (χ4n) is 2.81. The minimum Gasteiger partial charge on any atom is -0.328 e. The van der Waals surface area contributed by atoms with Crippen LogP contribution in [0.5, 0.6) is 0 Å². The van der Waals surface area contributed by atoms with Crippen LogP contribution in [0.3, 0.4) is 0 Å². The van der Waals surface area contributed by atoms with E-state index >= 15 is 0 Å². The highest BCUT2D eigenvalue weighted by Gasteiger charge is 2.22. The Kier molecular flexibility index (Phi) is 5.14. The molecule has 0 aliphatic rings. The van der Waals surface area contributed by atoms with Crippen molar-refractivity contribution in [2.24, 2.45) is 0 Å². The summed E-state index contributed by atoms with van der Waals surface area (Å²) in [6.45, 7) is 1.71. The third kappa shape index (κ3) is 3.64. The highest BCUT2D eigenvalue weighted by atomic mass is 35.5. The number of hydrogen-bond donors (Lipinski definition) is 2. The number of nitrogens with one attached hydrogen (secondary N) is 2. The van der Waals surface area contributed by atoms with Gasteiger partial charge in [-0.1, -0.05) is 23.7 Å². The van der Waals surface area contributed by atoms with Crippen molar-refractivity contribution in [2.45, 2.75) is 13.0 Å². The van der Waals surface area contributed by atoms with Crippen molar-refractivity contribution >= 4 is 34.1 Å². The second-order valence-electron chi connectivity index (χ2n) is 6.08. The fraction of sp³-hybridized carbons (Fsp3) is 0.158. The SMILES string of the molecule is C[C@H](c1c[nH]c(=O)c2c(F)c(F)ccc12)N(C)C(=O)Nc1cccc(Cl)c1. The van der Waals surface area contributed by atoms with Gasteiger partial charge in [-0.3, -0.25) is 4.79 Å². The highest BCUT2D eigenvalue weighted by molar-refractivity contribution is 6.30. The lowest BCUT2D eigenvalue weighted by Gasteiger charge is -2.26. The molecule has 0 unspecified atom stereocenters. The Labute approximate surface area is 158 Å². The van der Waals surface area contributed by atoms with Gasteiger partial charge in [-0.25, -0.2) is 13.6 Å². The second-order valence-corrected chi connectivity index (χ2v) is 6.52. The molecule has 1 heterocycles. The first kappa shape index (κ1) is 18.8. The average Bonchev–Trinajstić information content (AvgIpc) is 2.63. The van der Waals surface area contributed by atoms with Crippen LogP contribution in [0.1, 0.15) is 18.5 Å². The minimum absolute atomic E-state index is 0.243. The molecule has 1 atom stereocenters. The lowest BCUT2D eigenvalue weighted by Crippen LogP contribution is -2.34. The second kappa shape index (κ2) is 7.36. The number of halogens is 3. The third-order valence-electron chi connectivity index (χ3n) is 4.42. The van der Waals surface area contributed by atoms with E-state index in [0.717, 1.165) is 6.07 Å². The van der Waals surface area contributed by atoms with Gasteiger partial charge >= 0.3 is 6.03 Å². The van der Waals surface area contributed by atoms with Crippen molar-refractivity contribution < 1.29 is 13.6 Å². The number of anilines is 1. The van der Waals surface area contributed by atoms with Crippen molar-refractivity contribution in [2.75, 3.05) is 12.4 Å². The number of pyridine rings is 1. The number of rotatable bonds is 3. The predicted molar refractivity (Wildman–Crippen MR) is 101 cm³/mol. The summed E-state index contributed by atoms with van der Waals surface area (Å²) in [6, 6.07) is 8.01. The molecule has 8 heteroatoms. The van der Waals surface area contributed by atoms with Crippen LogP contribution in [0.4, 0.5) is 19.3 Å². The number of hydrogen-bond acceptors (Lipinski definition) is 2. The summed E-state index contributed by atoms with van der Waals surface area (Å²) in [5.74, 6) is -2.32. The van der Waals surface area contributed by atoms with Crippen LogP contribution in [0, 0.1) is 11.6 Å². The molecule has 5 nitrogen and oxygen atoms in total. The number of nitrogens with zero attached hydrogens (tertiary/aromatic N) is 1. The average molecular weight is 392 g/mol. The topological polar surface area (TPSA) is 65.2 Å². The molecule has 2 N–H and O–H groups in total. The van der Waals surface area contributed by atoms with Crippen LogP contribution in [0.15, 0.2) is 47.4 Å². The van der Waals surface area contributed by atoms with E-state index in [1.54, 1.807) is 38.2 Å². The fourth-order valence-corrected chi connectivity index (χ4v) is 3.00. The molecule has 3 aromatic rings. The highest BCUT2D eigenvalue weighted by Crippen LogP contribution is 2.28. The van der Waals surface area contributed by atoms with Crippen molar-refractivity contribution in [3.8, 4) is 0 Å². The smallest absolute Gasteiger partial charge is 0.322 e. The third-order valence-corrected chi connectivity index (χ3v) is 4.65. The number of aromatic nitrogens is 1. The lowest BCUT2D eigenvalue weighted by molar-refractivity contribution is 0.208. The Morgan fingerprint density at radius 3 is 2.70 bits per heavy atom. The van der Waals surface area contributed by atoms with Gasteiger partial charge in [0.15, 0.2) is 11.6 Å². The van der Waals surface area contributed by atoms with E-state index < -0.39 is 29.3 Å².